The van der Waals surface area contributed by atoms with E-state index in [0.717, 1.165) is 24.3 Å². The van der Waals surface area contributed by atoms with Crippen LogP contribution in [0.3, 0.4) is 0 Å². The average Bonchev–Trinajstić information content (AvgIpc) is 3.10. The second-order valence-corrected chi connectivity index (χ2v) is 7.06. The normalized spacial score (nSPS) is 20.0. The maximum Gasteiger partial charge on any atom is 0.321 e. The number of nitrogens with zero attached hydrogens (tertiary/aromatic N) is 4. The van der Waals surface area contributed by atoms with Crippen LogP contribution in [0.2, 0.25) is 0 Å². The van der Waals surface area contributed by atoms with E-state index in [1.807, 2.05) is 18.2 Å². The van der Waals surface area contributed by atoms with Gasteiger partial charge in [0.2, 0.25) is 5.91 Å². The minimum atomic E-state index is -0.558. The van der Waals surface area contributed by atoms with Gasteiger partial charge in [0.1, 0.15) is 5.82 Å². The predicted molar refractivity (Wildman–Crippen MR) is 98.6 cm³/mol. The first-order chi connectivity index (χ1) is 13.6. The first-order valence-corrected chi connectivity index (χ1v) is 9.02. The van der Waals surface area contributed by atoms with Gasteiger partial charge in [-0.2, -0.15) is 5.10 Å². The van der Waals surface area contributed by atoms with Gasteiger partial charge in [-0.3, -0.25) is 10.1 Å². The lowest BCUT2D eigenvalue weighted by Crippen LogP contribution is -2.51. The van der Waals surface area contributed by atoms with Gasteiger partial charge in [-0.15, -0.1) is 0 Å². The van der Waals surface area contributed by atoms with Crippen LogP contribution in [0.1, 0.15) is 23.1 Å². The van der Waals surface area contributed by atoms with E-state index in [0.29, 0.717) is 17.3 Å². The van der Waals surface area contributed by atoms with E-state index in [4.69, 9.17) is 0 Å². The van der Waals surface area contributed by atoms with E-state index < -0.39 is 11.9 Å². The number of hydrogen-bond donors (Lipinski definition) is 2. The average molecular weight is 380 g/mol. The standard InChI is InChI=1S/C19H17FN6O2/c20-13-3-1-11(2-4-13)12-9-25(10-12)16-7-15(24-26-6-5-21-17(16)26)14-8-22-19(28)23-18(14)27/h1-7,12,14H,8-10H2,(H2,22,23,27,28). The van der Waals surface area contributed by atoms with E-state index in [1.54, 1.807) is 16.9 Å². The third kappa shape index (κ3) is 2.75. The number of imide groups is 1. The van der Waals surface area contributed by atoms with Crippen LogP contribution in [0.25, 0.3) is 5.65 Å². The molecule has 2 aromatic heterocycles. The van der Waals surface area contributed by atoms with E-state index in [9.17, 15) is 14.0 Å². The molecule has 0 spiro atoms. The maximum atomic E-state index is 13.1. The number of anilines is 1. The van der Waals surface area contributed by atoms with Crippen molar-refractivity contribution in [2.75, 3.05) is 24.5 Å². The number of carbonyl (C=O) groups is 2. The van der Waals surface area contributed by atoms with Crippen LogP contribution in [-0.2, 0) is 4.79 Å². The molecule has 3 aromatic rings. The van der Waals surface area contributed by atoms with Crippen molar-refractivity contribution in [3.8, 4) is 0 Å². The molecule has 0 saturated carbocycles. The summed E-state index contributed by atoms with van der Waals surface area (Å²) in [6.07, 6.45) is 3.40. The Bertz CT molecular complexity index is 1070. The smallest absolute Gasteiger partial charge is 0.321 e. The summed E-state index contributed by atoms with van der Waals surface area (Å²) in [5.74, 6) is -0.855. The summed E-state index contributed by atoms with van der Waals surface area (Å²) in [7, 11) is 0. The minimum absolute atomic E-state index is 0.204. The molecule has 2 aliphatic rings. The number of amides is 3. The Morgan fingerprint density at radius 2 is 1.93 bits per heavy atom. The van der Waals surface area contributed by atoms with E-state index in [1.165, 1.54) is 12.1 Å². The SMILES string of the molecule is O=C1NCC(c2cc(N3CC(c4ccc(F)cc4)C3)c3nccn3n2)C(=O)N1. The zero-order chi connectivity index (χ0) is 19.3. The molecular weight excluding hydrogens is 363 g/mol. The quantitative estimate of drug-likeness (QED) is 0.717. The number of imidazole rings is 1. The summed E-state index contributed by atoms with van der Waals surface area (Å²) in [4.78, 5) is 30.1. The Morgan fingerprint density at radius 1 is 1.14 bits per heavy atom. The number of halogens is 1. The van der Waals surface area contributed by atoms with Crippen LogP contribution in [0.15, 0.2) is 42.7 Å². The van der Waals surface area contributed by atoms with Crippen molar-refractivity contribution in [2.24, 2.45) is 0 Å². The molecule has 142 valence electrons. The molecule has 2 saturated heterocycles. The fraction of sp³-hybridized carbons (Fsp3) is 0.263. The Labute approximate surface area is 159 Å². The van der Waals surface area contributed by atoms with Crippen molar-refractivity contribution in [3.05, 3.63) is 59.8 Å². The lowest BCUT2D eigenvalue weighted by molar-refractivity contribution is -0.122. The van der Waals surface area contributed by atoms with E-state index >= 15 is 0 Å². The van der Waals surface area contributed by atoms with Gasteiger partial charge in [0, 0.05) is 37.9 Å². The lowest BCUT2D eigenvalue weighted by Gasteiger charge is -2.41. The van der Waals surface area contributed by atoms with Crippen molar-refractivity contribution in [2.45, 2.75) is 11.8 Å². The largest absolute Gasteiger partial charge is 0.367 e. The Balaban J connectivity index is 1.43. The number of hydrogen-bond acceptors (Lipinski definition) is 5. The molecule has 2 aliphatic heterocycles. The van der Waals surface area contributed by atoms with Crippen LogP contribution in [0.5, 0.6) is 0 Å². The summed E-state index contributed by atoms with van der Waals surface area (Å²) in [6, 6.07) is 7.96. The molecule has 8 nitrogen and oxygen atoms in total. The molecule has 1 atom stereocenters. The molecule has 4 heterocycles. The van der Waals surface area contributed by atoms with Crippen molar-refractivity contribution in [3.63, 3.8) is 0 Å². The number of carbonyl (C=O) groups excluding carboxylic acids is 2. The van der Waals surface area contributed by atoms with Crippen molar-refractivity contribution in [1.29, 1.82) is 0 Å². The van der Waals surface area contributed by atoms with Crippen molar-refractivity contribution in [1.82, 2.24) is 25.2 Å². The lowest BCUT2D eigenvalue weighted by atomic mass is 9.91. The molecule has 1 unspecified atom stereocenters. The first kappa shape index (κ1) is 16.7. The highest BCUT2D eigenvalue weighted by atomic mass is 19.1. The summed E-state index contributed by atoms with van der Waals surface area (Å²) in [5, 5.41) is 9.41. The highest BCUT2D eigenvalue weighted by Crippen LogP contribution is 2.34. The van der Waals surface area contributed by atoms with Gasteiger partial charge < -0.3 is 10.2 Å². The third-order valence-electron chi connectivity index (χ3n) is 5.30. The predicted octanol–water partition coefficient (Wildman–Crippen LogP) is 1.40. The molecule has 1 aromatic carbocycles. The van der Waals surface area contributed by atoms with Crippen molar-refractivity contribution >= 4 is 23.3 Å². The highest BCUT2D eigenvalue weighted by Gasteiger charge is 2.33. The number of urea groups is 1. The third-order valence-corrected chi connectivity index (χ3v) is 5.30. The Morgan fingerprint density at radius 3 is 2.68 bits per heavy atom. The van der Waals surface area contributed by atoms with Crippen LogP contribution < -0.4 is 15.5 Å². The topological polar surface area (TPSA) is 91.6 Å². The molecule has 3 amide bonds. The molecular formula is C19H17FN6O2. The second-order valence-electron chi connectivity index (χ2n) is 7.06. The summed E-state index contributed by atoms with van der Waals surface area (Å²) in [5.41, 5.74) is 3.27. The summed E-state index contributed by atoms with van der Waals surface area (Å²) < 4.78 is 14.8. The zero-order valence-corrected chi connectivity index (χ0v) is 14.8. The fourth-order valence-electron chi connectivity index (χ4n) is 3.71. The molecule has 5 rings (SSSR count). The van der Waals surface area contributed by atoms with Gasteiger partial charge in [-0.25, -0.2) is 18.7 Å². The number of fused-ring (bicyclic) bond motifs is 1. The van der Waals surface area contributed by atoms with Gasteiger partial charge in [-0.1, -0.05) is 12.1 Å². The van der Waals surface area contributed by atoms with Gasteiger partial charge in [0.15, 0.2) is 5.65 Å². The number of aromatic nitrogens is 3. The van der Waals surface area contributed by atoms with Crippen LogP contribution in [0, 0.1) is 5.82 Å². The van der Waals surface area contributed by atoms with Crippen molar-refractivity contribution < 1.29 is 14.0 Å². The van der Waals surface area contributed by atoms with Gasteiger partial charge in [0.25, 0.3) is 0 Å². The van der Waals surface area contributed by atoms with Gasteiger partial charge in [-0.05, 0) is 23.8 Å². The second kappa shape index (κ2) is 6.29. The number of rotatable bonds is 3. The number of nitrogens with one attached hydrogen (secondary N) is 2. The Kier molecular flexibility index (Phi) is 3.75. The summed E-state index contributed by atoms with van der Waals surface area (Å²) >= 11 is 0. The monoisotopic (exact) mass is 380 g/mol. The van der Waals surface area contributed by atoms with E-state index in [2.05, 4.69) is 25.6 Å². The van der Waals surface area contributed by atoms with Crippen LogP contribution in [0.4, 0.5) is 14.9 Å². The highest BCUT2D eigenvalue weighted by molar-refractivity contribution is 6.00. The first-order valence-electron chi connectivity index (χ1n) is 9.02. The zero-order valence-electron chi connectivity index (χ0n) is 14.8. The molecule has 2 N–H and O–H groups in total. The van der Waals surface area contributed by atoms with Gasteiger partial charge >= 0.3 is 6.03 Å². The van der Waals surface area contributed by atoms with Crippen LogP contribution in [-0.4, -0.2) is 46.2 Å². The molecule has 28 heavy (non-hydrogen) atoms. The maximum absolute atomic E-state index is 13.1. The fourth-order valence-corrected chi connectivity index (χ4v) is 3.71. The summed E-state index contributed by atoms with van der Waals surface area (Å²) in [6.45, 7) is 1.74. The number of benzene rings is 1. The molecule has 0 radical (unpaired) electrons. The molecule has 0 aliphatic carbocycles. The minimum Gasteiger partial charge on any atom is -0.367 e. The van der Waals surface area contributed by atoms with E-state index in [-0.39, 0.29) is 18.3 Å². The molecule has 2 fully saturated rings. The Hall–Kier alpha value is -3.49. The van der Waals surface area contributed by atoms with Crippen LogP contribution >= 0.6 is 0 Å². The molecule has 9 heteroatoms. The van der Waals surface area contributed by atoms with Gasteiger partial charge in [0.05, 0.1) is 17.3 Å². The molecule has 0 bridgehead atoms.